The van der Waals surface area contributed by atoms with E-state index in [9.17, 15) is 5.11 Å². The fourth-order valence-electron chi connectivity index (χ4n) is 2.08. The molecule has 0 saturated heterocycles. The number of aliphatic hydroxyl groups is 1. The third-order valence-corrected chi connectivity index (χ3v) is 3.38. The summed E-state index contributed by atoms with van der Waals surface area (Å²) in [5.41, 5.74) is 1.14. The van der Waals surface area contributed by atoms with Crippen molar-refractivity contribution in [1.29, 1.82) is 0 Å². The van der Waals surface area contributed by atoms with Crippen molar-refractivity contribution in [3.8, 4) is 11.5 Å². The van der Waals surface area contributed by atoms with Gasteiger partial charge in [0.1, 0.15) is 0 Å². The number of aliphatic hydroxyl groups excluding tert-OH is 1. The highest BCUT2D eigenvalue weighted by Gasteiger charge is 2.13. The van der Waals surface area contributed by atoms with Crippen molar-refractivity contribution in [1.82, 2.24) is 5.32 Å². The second-order valence-electron chi connectivity index (χ2n) is 5.25. The third-order valence-electron chi connectivity index (χ3n) is 3.38. The minimum Gasteiger partial charge on any atom is -0.490 e. The van der Waals surface area contributed by atoms with Gasteiger partial charge in [-0.05, 0) is 23.6 Å². The molecule has 0 aliphatic carbocycles. The predicted octanol–water partition coefficient (Wildman–Crippen LogP) is 1.95. The second kappa shape index (κ2) is 6.78. The number of benzene rings is 1. The molecule has 1 atom stereocenters. The number of rotatable bonds is 5. The Kier molecular flexibility index (Phi) is 5.05. The first kappa shape index (κ1) is 14.2. The van der Waals surface area contributed by atoms with Crippen molar-refractivity contribution in [2.24, 2.45) is 5.92 Å². The molecule has 1 aliphatic rings. The lowest BCUT2D eigenvalue weighted by atomic mass is 10.0. The van der Waals surface area contributed by atoms with Gasteiger partial charge in [0.15, 0.2) is 11.5 Å². The molecular formula is C15H23NO3. The van der Waals surface area contributed by atoms with Crippen molar-refractivity contribution in [2.45, 2.75) is 32.9 Å². The van der Waals surface area contributed by atoms with Gasteiger partial charge in [0.2, 0.25) is 0 Å². The number of ether oxygens (including phenoxy) is 2. The molecule has 0 unspecified atom stereocenters. The normalized spacial score (nSPS) is 16.2. The molecule has 0 spiro atoms. The fourth-order valence-corrected chi connectivity index (χ4v) is 2.08. The van der Waals surface area contributed by atoms with Gasteiger partial charge in [0.05, 0.1) is 19.8 Å². The standard InChI is InChI=1S/C15H23NO3/c1-11(2)13(10-17)16-9-12-4-5-14-15(8-12)19-7-3-6-18-14/h4-5,8,11,13,16-17H,3,6-7,9-10H2,1-2H3/t13-/m1/s1. The predicted molar refractivity (Wildman–Crippen MR) is 74.6 cm³/mol. The van der Waals surface area contributed by atoms with Gasteiger partial charge in [-0.1, -0.05) is 19.9 Å². The summed E-state index contributed by atoms with van der Waals surface area (Å²) in [5.74, 6) is 2.05. The Labute approximate surface area is 114 Å². The summed E-state index contributed by atoms with van der Waals surface area (Å²) in [7, 11) is 0. The number of fused-ring (bicyclic) bond motifs is 1. The molecular weight excluding hydrogens is 242 g/mol. The van der Waals surface area contributed by atoms with Gasteiger partial charge in [-0.2, -0.15) is 0 Å². The average Bonchev–Trinajstić information content (AvgIpc) is 2.63. The molecule has 0 radical (unpaired) electrons. The number of hydrogen-bond acceptors (Lipinski definition) is 4. The molecule has 106 valence electrons. The van der Waals surface area contributed by atoms with E-state index in [1.54, 1.807) is 0 Å². The summed E-state index contributed by atoms with van der Waals surface area (Å²) in [5, 5.41) is 12.7. The Morgan fingerprint density at radius 3 is 2.63 bits per heavy atom. The van der Waals surface area contributed by atoms with E-state index in [1.165, 1.54) is 0 Å². The molecule has 1 aromatic rings. The van der Waals surface area contributed by atoms with E-state index in [1.807, 2.05) is 18.2 Å². The van der Waals surface area contributed by atoms with Crippen LogP contribution < -0.4 is 14.8 Å². The van der Waals surface area contributed by atoms with Crippen molar-refractivity contribution >= 4 is 0 Å². The molecule has 0 fully saturated rings. The number of nitrogens with one attached hydrogen (secondary N) is 1. The third kappa shape index (κ3) is 3.85. The van der Waals surface area contributed by atoms with Crippen LogP contribution in [0.1, 0.15) is 25.8 Å². The van der Waals surface area contributed by atoms with E-state index >= 15 is 0 Å². The summed E-state index contributed by atoms with van der Waals surface area (Å²) in [4.78, 5) is 0. The van der Waals surface area contributed by atoms with E-state index in [-0.39, 0.29) is 12.6 Å². The molecule has 1 aliphatic heterocycles. The summed E-state index contributed by atoms with van der Waals surface area (Å²) in [6.45, 7) is 6.49. The molecule has 2 N–H and O–H groups in total. The first-order chi connectivity index (χ1) is 9.20. The maximum atomic E-state index is 9.30. The van der Waals surface area contributed by atoms with Crippen molar-refractivity contribution in [2.75, 3.05) is 19.8 Å². The monoisotopic (exact) mass is 265 g/mol. The van der Waals surface area contributed by atoms with Gasteiger partial charge < -0.3 is 19.9 Å². The zero-order valence-corrected chi connectivity index (χ0v) is 11.7. The van der Waals surface area contributed by atoms with Gasteiger partial charge in [-0.3, -0.25) is 0 Å². The second-order valence-corrected chi connectivity index (χ2v) is 5.25. The van der Waals surface area contributed by atoms with Crippen molar-refractivity contribution in [3.05, 3.63) is 23.8 Å². The lowest BCUT2D eigenvalue weighted by Crippen LogP contribution is -2.36. The molecule has 2 rings (SSSR count). The van der Waals surface area contributed by atoms with Gasteiger partial charge in [0, 0.05) is 19.0 Å². The molecule has 0 amide bonds. The Balaban J connectivity index is 1.99. The molecule has 0 bridgehead atoms. The maximum Gasteiger partial charge on any atom is 0.161 e. The van der Waals surface area contributed by atoms with Gasteiger partial charge in [-0.25, -0.2) is 0 Å². The topological polar surface area (TPSA) is 50.7 Å². The van der Waals surface area contributed by atoms with E-state index in [0.717, 1.165) is 30.0 Å². The van der Waals surface area contributed by atoms with E-state index in [4.69, 9.17) is 9.47 Å². The highest BCUT2D eigenvalue weighted by molar-refractivity contribution is 5.43. The molecule has 1 aromatic carbocycles. The SMILES string of the molecule is CC(C)[C@@H](CO)NCc1ccc2c(c1)OCCCO2. The lowest BCUT2D eigenvalue weighted by Gasteiger charge is -2.20. The first-order valence-electron chi connectivity index (χ1n) is 6.93. The minimum atomic E-state index is 0.121. The summed E-state index contributed by atoms with van der Waals surface area (Å²) < 4.78 is 11.3. The van der Waals surface area contributed by atoms with Gasteiger partial charge in [0.25, 0.3) is 0 Å². The van der Waals surface area contributed by atoms with E-state index in [2.05, 4.69) is 19.2 Å². The largest absolute Gasteiger partial charge is 0.490 e. The minimum absolute atomic E-state index is 0.121. The van der Waals surface area contributed by atoms with E-state index in [0.29, 0.717) is 19.1 Å². The zero-order valence-electron chi connectivity index (χ0n) is 11.7. The van der Waals surface area contributed by atoms with Crippen LogP contribution >= 0.6 is 0 Å². The van der Waals surface area contributed by atoms with Crippen LogP contribution in [0.3, 0.4) is 0 Å². The first-order valence-corrected chi connectivity index (χ1v) is 6.93. The highest BCUT2D eigenvalue weighted by Crippen LogP contribution is 2.30. The zero-order chi connectivity index (χ0) is 13.7. The van der Waals surface area contributed by atoms with Crippen molar-refractivity contribution < 1.29 is 14.6 Å². The van der Waals surface area contributed by atoms with Crippen LogP contribution in [0.5, 0.6) is 11.5 Å². The molecule has 19 heavy (non-hydrogen) atoms. The molecule has 0 aromatic heterocycles. The molecule has 1 heterocycles. The van der Waals surface area contributed by atoms with Crippen LogP contribution in [0, 0.1) is 5.92 Å². The Morgan fingerprint density at radius 1 is 1.21 bits per heavy atom. The summed E-state index contributed by atoms with van der Waals surface area (Å²) in [6.07, 6.45) is 0.919. The van der Waals surface area contributed by atoms with Crippen LogP contribution in [0.4, 0.5) is 0 Å². The van der Waals surface area contributed by atoms with Crippen LogP contribution in [-0.2, 0) is 6.54 Å². The molecule has 4 heteroatoms. The fraction of sp³-hybridized carbons (Fsp3) is 0.600. The van der Waals surface area contributed by atoms with Crippen LogP contribution in [0.25, 0.3) is 0 Å². The maximum absolute atomic E-state index is 9.30. The number of hydrogen-bond donors (Lipinski definition) is 2. The average molecular weight is 265 g/mol. The Bertz CT molecular complexity index is 406. The van der Waals surface area contributed by atoms with Crippen LogP contribution in [0.2, 0.25) is 0 Å². The van der Waals surface area contributed by atoms with Crippen molar-refractivity contribution in [3.63, 3.8) is 0 Å². The summed E-state index contributed by atoms with van der Waals surface area (Å²) in [6, 6.07) is 6.13. The van der Waals surface area contributed by atoms with Crippen LogP contribution in [-0.4, -0.2) is 31.0 Å². The summed E-state index contributed by atoms with van der Waals surface area (Å²) >= 11 is 0. The van der Waals surface area contributed by atoms with E-state index < -0.39 is 0 Å². The molecule has 4 nitrogen and oxygen atoms in total. The Hall–Kier alpha value is -1.26. The highest BCUT2D eigenvalue weighted by atomic mass is 16.5. The van der Waals surface area contributed by atoms with Gasteiger partial charge >= 0.3 is 0 Å². The van der Waals surface area contributed by atoms with Gasteiger partial charge in [-0.15, -0.1) is 0 Å². The van der Waals surface area contributed by atoms with Crippen LogP contribution in [0.15, 0.2) is 18.2 Å². The smallest absolute Gasteiger partial charge is 0.161 e. The quantitative estimate of drug-likeness (QED) is 0.854. The lowest BCUT2D eigenvalue weighted by molar-refractivity contribution is 0.210. The molecule has 0 saturated carbocycles. The Morgan fingerprint density at radius 2 is 1.95 bits per heavy atom.